The van der Waals surface area contributed by atoms with E-state index in [1.54, 1.807) is 52.0 Å². The summed E-state index contributed by atoms with van der Waals surface area (Å²) in [4.78, 5) is 37.2. The molecule has 0 N–H and O–H groups in total. The maximum absolute atomic E-state index is 12.5. The summed E-state index contributed by atoms with van der Waals surface area (Å²) >= 11 is 0. The minimum absolute atomic E-state index is 0.0792. The Bertz CT molecular complexity index is 690. The molecule has 1 heterocycles. The van der Waals surface area contributed by atoms with Crippen LogP contribution in [0.4, 0.5) is 0 Å². The number of benzene rings is 1. The first kappa shape index (κ1) is 21.3. The molecule has 0 aromatic heterocycles. The van der Waals surface area contributed by atoms with Crippen LogP contribution < -0.4 is 0 Å². The first-order chi connectivity index (χ1) is 12.5. The third-order valence-electron chi connectivity index (χ3n) is 4.33. The van der Waals surface area contributed by atoms with Crippen LogP contribution in [0.5, 0.6) is 0 Å². The summed E-state index contributed by atoms with van der Waals surface area (Å²) in [6.45, 7) is 8.65. The SMILES string of the molecule is CCC1(C)O[C@H](CC(=O)c2ccccc2)C[C@H](C(=O)C(=O)OC(C)(C)C)O1. The highest BCUT2D eigenvalue weighted by molar-refractivity contribution is 6.35. The Morgan fingerprint density at radius 1 is 1.15 bits per heavy atom. The van der Waals surface area contributed by atoms with E-state index in [1.807, 2.05) is 13.0 Å². The Kier molecular flexibility index (Phi) is 6.54. The second-order valence-corrected chi connectivity index (χ2v) is 7.93. The largest absolute Gasteiger partial charge is 0.454 e. The molecule has 148 valence electrons. The van der Waals surface area contributed by atoms with Crippen molar-refractivity contribution in [3.63, 3.8) is 0 Å². The first-order valence-corrected chi connectivity index (χ1v) is 9.24. The second-order valence-electron chi connectivity index (χ2n) is 7.93. The second kappa shape index (κ2) is 8.31. The van der Waals surface area contributed by atoms with Gasteiger partial charge in [0.25, 0.3) is 5.78 Å². The predicted octanol–water partition coefficient (Wildman–Crippen LogP) is 3.47. The van der Waals surface area contributed by atoms with E-state index in [1.165, 1.54) is 0 Å². The van der Waals surface area contributed by atoms with E-state index in [4.69, 9.17) is 14.2 Å². The van der Waals surface area contributed by atoms with Crippen LogP contribution in [0.3, 0.4) is 0 Å². The van der Waals surface area contributed by atoms with Crippen LogP contribution in [0.25, 0.3) is 0 Å². The molecule has 1 saturated heterocycles. The lowest BCUT2D eigenvalue weighted by atomic mass is 9.97. The van der Waals surface area contributed by atoms with Crippen molar-refractivity contribution in [2.24, 2.45) is 0 Å². The maximum Gasteiger partial charge on any atom is 0.377 e. The van der Waals surface area contributed by atoms with Crippen LogP contribution in [0.2, 0.25) is 0 Å². The van der Waals surface area contributed by atoms with Gasteiger partial charge in [0, 0.05) is 18.4 Å². The quantitative estimate of drug-likeness (QED) is 0.430. The smallest absolute Gasteiger partial charge is 0.377 e. The molecule has 0 spiro atoms. The van der Waals surface area contributed by atoms with Gasteiger partial charge in [0.05, 0.1) is 6.10 Å². The molecule has 1 aliphatic heterocycles. The van der Waals surface area contributed by atoms with Crippen LogP contribution in [-0.2, 0) is 23.8 Å². The third kappa shape index (κ3) is 5.97. The van der Waals surface area contributed by atoms with Crippen LogP contribution in [-0.4, -0.2) is 41.1 Å². The lowest BCUT2D eigenvalue weighted by Crippen LogP contribution is -2.51. The van der Waals surface area contributed by atoms with E-state index in [0.717, 1.165) is 0 Å². The van der Waals surface area contributed by atoms with Crippen molar-refractivity contribution < 1.29 is 28.6 Å². The molecule has 0 amide bonds. The Hall–Kier alpha value is -2.05. The Labute approximate surface area is 160 Å². The van der Waals surface area contributed by atoms with Gasteiger partial charge < -0.3 is 14.2 Å². The molecule has 0 saturated carbocycles. The minimum atomic E-state index is -1.04. The van der Waals surface area contributed by atoms with Gasteiger partial charge in [-0.15, -0.1) is 0 Å². The predicted molar refractivity (Wildman–Crippen MR) is 99.3 cm³/mol. The average Bonchev–Trinajstić information content (AvgIpc) is 2.60. The summed E-state index contributed by atoms with van der Waals surface area (Å²) in [6.07, 6.45) is -0.797. The van der Waals surface area contributed by atoms with Gasteiger partial charge in [-0.05, 0) is 34.1 Å². The van der Waals surface area contributed by atoms with Gasteiger partial charge >= 0.3 is 5.97 Å². The zero-order valence-corrected chi connectivity index (χ0v) is 16.6. The summed E-state index contributed by atoms with van der Waals surface area (Å²) in [5, 5.41) is 0. The number of rotatable bonds is 6. The fraction of sp³-hybridized carbons (Fsp3) is 0.571. The lowest BCUT2D eigenvalue weighted by Gasteiger charge is -2.41. The lowest BCUT2D eigenvalue weighted by molar-refractivity contribution is -0.302. The van der Waals surface area contributed by atoms with Crippen molar-refractivity contribution in [3.8, 4) is 0 Å². The number of esters is 1. The normalized spacial score (nSPS) is 25.7. The molecule has 1 aromatic rings. The van der Waals surface area contributed by atoms with Gasteiger partial charge in [-0.2, -0.15) is 0 Å². The zero-order chi connectivity index (χ0) is 20.2. The van der Waals surface area contributed by atoms with Crippen molar-refractivity contribution >= 4 is 17.5 Å². The van der Waals surface area contributed by atoms with Crippen molar-refractivity contribution in [3.05, 3.63) is 35.9 Å². The highest BCUT2D eigenvalue weighted by Gasteiger charge is 2.44. The fourth-order valence-corrected chi connectivity index (χ4v) is 2.88. The summed E-state index contributed by atoms with van der Waals surface area (Å²) < 4.78 is 16.8. The van der Waals surface area contributed by atoms with E-state index < -0.39 is 35.3 Å². The number of hydrogen-bond donors (Lipinski definition) is 0. The monoisotopic (exact) mass is 376 g/mol. The van der Waals surface area contributed by atoms with Crippen molar-refractivity contribution in [1.82, 2.24) is 0 Å². The molecule has 27 heavy (non-hydrogen) atoms. The Morgan fingerprint density at radius 3 is 2.33 bits per heavy atom. The van der Waals surface area contributed by atoms with Crippen molar-refractivity contribution in [1.29, 1.82) is 0 Å². The maximum atomic E-state index is 12.5. The highest BCUT2D eigenvalue weighted by Crippen LogP contribution is 2.32. The molecule has 6 nitrogen and oxygen atoms in total. The van der Waals surface area contributed by atoms with E-state index in [9.17, 15) is 14.4 Å². The number of Topliss-reactive ketones (excluding diaryl/α,β-unsaturated/α-hetero) is 2. The molecular formula is C21H28O6. The van der Waals surface area contributed by atoms with Gasteiger partial charge in [0.1, 0.15) is 11.7 Å². The summed E-state index contributed by atoms with van der Waals surface area (Å²) in [7, 11) is 0. The third-order valence-corrected chi connectivity index (χ3v) is 4.33. The van der Waals surface area contributed by atoms with Crippen LogP contribution in [0, 0.1) is 0 Å². The molecule has 1 aromatic carbocycles. The van der Waals surface area contributed by atoms with Crippen LogP contribution in [0.1, 0.15) is 64.2 Å². The van der Waals surface area contributed by atoms with Crippen molar-refractivity contribution in [2.45, 2.75) is 77.5 Å². The number of carbonyl (C=O) groups excluding carboxylic acids is 3. The molecule has 0 aliphatic carbocycles. The summed E-state index contributed by atoms with van der Waals surface area (Å²) in [5.41, 5.74) is -0.185. The first-order valence-electron chi connectivity index (χ1n) is 9.24. The molecule has 1 fully saturated rings. The Morgan fingerprint density at radius 2 is 1.78 bits per heavy atom. The van der Waals surface area contributed by atoms with E-state index >= 15 is 0 Å². The number of carbonyl (C=O) groups is 3. The van der Waals surface area contributed by atoms with E-state index in [2.05, 4.69) is 0 Å². The highest BCUT2D eigenvalue weighted by atomic mass is 16.7. The molecular weight excluding hydrogens is 348 g/mol. The zero-order valence-electron chi connectivity index (χ0n) is 16.6. The average molecular weight is 376 g/mol. The standard InChI is InChI=1S/C21H28O6/c1-6-21(5)25-15(12-16(22)14-10-8-7-9-11-14)13-17(26-21)18(23)19(24)27-20(2,3)4/h7-11,15,17H,6,12-13H2,1-5H3/t15-,17-,21?/m1/s1. The molecule has 6 heteroatoms. The van der Waals surface area contributed by atoms with Crippen molar-refractivity contribution in [2.75, 3.05) is 0 Å². The number of ether oxygens (including phenoxy) is 3. The topological polar surface area (TPSA) is 78.9 Å². The fourth-order valence-electron chi connectivity index (χ4n) is 2.88. The number of hydrogen-bond acceptors (Lipinski definition) is 6. The minimum Gasteiger partial charge on any atom is -0.454 e. The summed E-state index contributed by atoms with van der Waals surface area (Å²) in [5.74, 6) is -2.79. The molecule has 0 bridgehead atoms. The molecule has 3 atom stereocenters. The molecule has 2 rings (SSSR count). The number of ketones is 2. The molecule has 1 unspecified atom stereocenters. The van der Waals surface area contributed by atoms with Gasteiger partial charge in [0.15, 0.2) is 11.6 Å². The van der Waals surface area contributed by atoms with Gasteiger partial charge in [0.2, 0.25) is 0 Å². The van der Waals surface area contributed by atoms with Gasteiger partial charge in [-0.1, -0.05) is 37.3 Å². The van der Waals surface area contributed by atoms with Crippen LogP contribution in [0.15, 0.2) is 30.3 Å². The Balaban J connectivity index is 2.12. The van der Waals surface area contributed by atoms with Gasteiger partial charge in [-0.3, -0.25) is 9.59 Å². The van der Waals surface area contributed by atoms with E-state index in [0.29, 0.717) is 12.0 Å². The molecule has 0 radical (unpaired) electrons. The van der Waals surface area contributed by atoms with Gasteiger partial charge in [-0.25, -0.2) is 4.79 Å². The molecule has 1 aliphatic rings. The van der Waals surface area contributed by atoms with Crippen LogP contribution >= 0.6 is 0 Å². The van der Waals surface area contributed by atoms with E-state index in [-0.39, 0.29) is 18.6 Å². The summed E-state index contributed by atoms with van der Waals surface area (Å²) in [6, 6.07) is 8.91.